The van der Waals surface area contributed by atoms with Gasteiger partial charge in [0.2, 0.25) is 0 Å². The molecule has 0 bridgehead atoms. The molecule has 0 radical (unpaired) electrons. The van der Waals surface area contributed by atoms with Crippen molar-refractivity contribution in [3.8, 4) is 5.75 Å². The van der Waals surface area contributed by atoms with Gasteiger partial charge in [0.1, 0.15) is 11.4 Å². The van der Waals surface area contributed by atoms with Gasteiger partial charge in [-0.15, -0.1) is 5.11 Å². The van der Waals surface area contributed by atoms with E-state index in [1.54, 1.807) is 12.1 Å². The molecule has 13 nitrogen and oxygen atoms in total. The molecule has 202 valence electrons. The zero-order chi connectivity index (χ0) is 27.6. The molecule has 0 spiro atoms. The maximum absolute atomic E-state index is 11.8. The Morgan fingerprint density at radius 3 is 2.30 bits per heavy atom. The van der Waals surface area contributed by atoms with E-state index in [1.165, 1.54) is 31.4 Å². The van der Waals surface area contributed by atoms with E-state index in [0.29, 0.717) is 29.1 Å². The van der Waals surface area contributed by atoms with Crippen molar-refractivity contribution in [3.63, 3.8) is 0 Å². The second-order valence-corrected chi connectivity index (χ2v) is 12.4. The van der Waals surface area contributed by atoms with Gasteiger partial charge in [-0.05, 0) is 50.5 Å². The highest BCUT2D eigenvalue weighted by atomic mass is 32.2. The Morgan fingerprint density at radius 2 is 1.76 bits per heavy atom. The molecule has 0 aromatic heterocycles. The number of rotatable bonds is 10. The molecule has 2 N–H and O–H groups in total. The van der Waals surface area contributed by atoms with Gasteiger partial charge in [-0.25, -0.2) is 0 Å². The van der Waals surface area contributed by atoms with Gasteiger partial charge in [-0.2, -0.15) is 21.9 Å². The van der Waals surface area contributed by atoms with Crippen molar-refractivity contribution in [2.24, 2.45) is 10.2 Å². The normalized spacial score (nSPS) is 17.5. The highest BCUT2D eigenvalue weighted by Crippen LogP contribution is 2.48. The van der Waals surface area contributed by atoms with E-state index >= 15 is 0 Å². The lowest BCUT2D eigenvalue weighted by molar-refractivity contribution is -0.384. The number of methoxy groups -OCH3 is 1. The Labute approximate surface area is 214 Å². The maximum Gasteiger partial charge on any atom is 0.269 e. The zero-order valence-electron chi connectivity index (χ0n) is 20.4. The topological polar surface area (TPSA) is 189 Å². The Morgan fingerprint density at radius 1 is 1.11 bits per heavy atom. The van der Waals surface area contributed by atoms with E-state index in [9.17, 15) is 31.5 Å². The molecule has 1 aliphatic heterocycles. The summed E-state index contributed by atoms with van der Waals surface area (Å²) < 4.78 is 70.3. The molecule has 3 rings (SSSR count). The van der Waals surface area contributed by atoms with Crippen molar-refractivity contribution in [1.82, 2.24) is 0 Å². The lowest BCUT2D eigenvalue weighted by atomic mass is 9.79. The van der Waals surface area contributed by atoms with Gasteiger partial charge in [0.05, 0.1) is 29.2 Å². The Hall–Kier alpha value is -3.14. The first-order valence-corrected chi connectivity index (χ1v) is 14.4. The summed E-state index contributed by atoms with van der Waals surface area (Å²) >= 11 is 0. The molecular weight excluding hydrogens is 528 g/mol. The van der Waals surface area contributed by atoms with Gasteiger partial charge < -0.3 is 9.64 Å². The summed E-state index contributed by atoms with van der Waals surface area (Å²) in [6.07, 6.45) is 0.436. The number of ether oxygens (including phenoxy) is 1. The van der Waals surface area contributed by atoms with Crippen molar-refractivity contribution in [2.45, 2.75) is 38.1 Å². The van der Waals surface area contributed by atoms with Gasteiger partial charge >= 0.3 is 0 Å². The Bertz CT molecular complexity index is 1410. The van der Waals surface area contributed by atoms with Crippen molar-refractivity contribution in [2.75, 3.05) is 30.1 Å². The highest BCUT2D eigenvalue weighted by Gasteiger charge is 2.40. The summed E-state index contributed by atoms with van der Waals surface area (Å²) in [5.41, 5.74) is 0.989. The number of non-ortho nitro benzene ring substituents is 1. The van der Waals surface area contributed by atoms with Crippen molar-refractivity contribution >= 4 is 43.0 Å². The number of hydrogen-bond donors (Lipinski definition) is 2. The lowest BCUT2D eigenvalue weighted by Crippen LogP contribution is -2.50. The van der Waals surface area contributed by atoms with Gasteiger partial charge in [0.15, 0.2) is 0 Å². The molecule has 0 amide bonds. The van der Waals surface area contributed by atoms with Crippen LogP contribution in [0.1, 0.15) is 38.2 Å². The molecule has 1 heterocycles. The van der Waals surface area contributed by atoms with Crippen LogP contribution < -0.4 is 9.64 Å². The molecule has 37 heavy (non-hydrogen) atoms. The second kappa shape index (κ2) is 10.7. The standard InChI is InChI=1S/C22H28N4O9S2/c1-22(2)13-15(14-37(32,33)34)18-11-19(24-23-16-5-7-17(8-6-16)26(27)28)21(35-3)12-20(18)25(22)9-4-10-36(29,30)31/h5-8,11-12,15H,4,9-10,13-14H2,1-3H3,(H,29,30,31)(H,32,33,34)/b24-23+. The third kappa shape index (κ3) is 7.44. The molecule has 1 unspecified atom stereocenters. The van der Waals surface area contributed by atoms with E-state index < -0.39 is 48.1 Å². The number of nitro groups is 1. The zero-order valence-corrected chi connectivity index (χ0v) is 22.1. The monoisotopic (exact) mass is 556 g/mol. The summed E-state index contributed by atoms with van der Waals surface area (Å²) in [7, 11) is -7.08. The Balaban J connectivity index is 2.06. The largest absolute Gasteiger partial charge is 0.494 e. The summed E-state index contributed by atoms with van der Waals surface area (Å²) in [5.74, 6) is -1.29. The van der Waals surface area contributed by atoms with Crippen molar-refractivity contribution in [1.29, 1.82) is 0 Å². The number of azo groups is 1. The molecule has 0 saturated heterocycles. The minimum Gasteiger partial charge on any atom is -0.494 e. The van der Waals surface area contributed by atoms with Gasteiger partial charge in [0, 0.05) is 41.9 Å². The van der Waals surface area contributed by atoms with Gasteiger partial charge in [-0.3, -0.25) is 19.2 Å². The third-order valence-corrected chi connectivity index (χ3v) is 7.69. The number of anilines is 1. The molecule has 2 aromatic rings. The first-order valence-electron chi connectivity index (χ1n) is 11.2. The molecule has 0 saturated carbocycles. The number of hydrogen-bond acceptors (Lipinski definition) is 10. The van der Waals surface area contributed by atoms with Crippen LogP contribution in [0.3, 0.4) is 0 Å². The molecule has 0 fully saturated rings. The first-order chi connectivity index (χ1) is 17.1. The summed E-state index contributed by atoms with van der Waals surface area (Å²) in [5, 5.41) is 19.2. The predicted molar refractivity (Wildman–Crippen MR) is 136 cm³/mol. The minimum absolute atomic E-state index is 0.102. The van der Waals surface area contributed by atoms with E-state index in [4.69, 9.17) is 9.29 Å². The first kappa shape index (κ1) is 28.4. The number of nitro benzene ring substituents is 1. The van der Waals surface area contributed by atoms with Crippen LogP contribution in [0.4, 0.5) is 22.7 Å². The van der Waals surface area contributed by atoms with E-state index in [1.807, 2.05) is 18.7 Å². The van der Waals surface area contributed by atoms with Crippen LogP contribution >= 0.6 is 0 Å². The SMILES string of the molecule is COc1cc2c(cc1/N=N/c1ccc([N+](=O)[O-])cc1)C(CS(=O)(=O)O)CC(C)(C)N2CCCS(=O)(=O)O. The molecular formula is C22H28N4O9S2. The smallest absolute Gasteiger partial charge is 0.269 e. The molecule has 0 aliphatic carbocycles. The van der Waals surface area contributed by atoms with Crippen LogP contribution in [0, 0.1) is 10.1 Å². The average molecular weight is 557 g/mol. The average Bonchev–Trinajstić information content (AvgIpc) is 2.77. The van der Waals surface area contributed by atoms with Gasteiger partial charge in [0.25, 0.3) is 25.9 Å². The van der Waals surface area contributed by atoms with Crippen molar-refractivity contribution in [3.05, 3.63) is 52.1 Å². The fourth-order valence-corrected chi connectivity index (χ4v) is 5.81. The summed E-state index contributed by atoms with van der Waals surface area (Å²) in [4.78, 5) is 12.2. The van der Waals surface area contributed by atoms with Gasteiger partial charge in [-0.1, -0.05) is 0 Å². The molecule has 15 heteroatoms. The third-order valence-electron chi connectivity index (χ3n) is 6.06. The van der Waals surface area contributed by atoms with Crippen LogP contribution in [-0.2, 0) is 20.2 Å². The molecule has 1 atom stereocenters. The summed E-state index contributed by atoms with van der Waals surface area (Å²) in [6.45, 7) is 3.98. The predicted octanol–water partition coefficient (Wildman–Crippen LogP) is 4.26. The van der Waals surface area contributed by atoms with Crippen LogP contribution in [-0.4, -0.2) is 61.6 Å². The van der Waals surface area contributed by atoms with Crippen LogP contribution in [0.5, 0.6) is 5.75 Å². The van der Waals surface area contributed by atoms with E-state index in [0.717, 1.165) is 0 Å². The lowest BCUT2D eigenvalue weighted by Gasteiger charge is -2.48. The van der Waals surface area contributed by atoms with Crippen molar-refractivity contribution < 1.29 is 35.6 Å². The number of nitrogens with zero attached hydrogens (tertiary/aromatic N) is 4. The fourth-order valence-electron chi connectivity index (χ4n) is 4.51. The van der Waals surface area contributed by atoms with E-state index in [-0.39, 0.29) is 24.3 Å². The fraction of sp³-hybridized carbons (Fsp3) is 0.455. The van der Waals surface area contributed by atoms with Crippen LogP contribution in [0.2, 0.25) is 0 Å². The Kier molecular flexibility index (Phi) is 8.21. The number of benzene rings is 2. The van der Waals surface area contributed by atoms with Crippen LogP contribution in [0.25, 0.3) is 0 Å². The second-order valence-electron chi connectivity index (χ2n) is 9.31. The summed E-state index contributed by atoms with van der Waals surface area (Å²) in [6, 6.07) is 8.66. The molecule has 2 aromatic carbocycles. The van der Waals surface area contributed by atoms with E-state index in [2.05, 4.69) is 10.2 Å². The highest BCUT2D eigenvalue weighted by molar-refractivity contribution is 7.86. The minimum atomic E-state index is -4.34. The van der Waals surface area contributed by atoms with Crippen LogP contribution in [0.15, 0.2) is 46.6 Å². The quantitative estimate of drug-likeness (QED) is 0.185. The maximum atomic E-state index is 11.8. The number of fused-ring (bicyclic) bond motifs is 1. The molecule has 1 aliphatic rings.